The second-order valence-corrected chi connectivity index (χ2v) is 7.41. The van der Waals surface area contributed by atoms with Crippen LogP contribution in [0.15, 0.2) is 74.9 Å². The Balaban J connectivity index is 1.61. The summed E-state index contributed by atoms with van der Waals surface area (Å²) in [6, 6.07) is 20.4. The molecule has 1 aliphatic rings. The van der Waals surface area contributed by atoms with Gasteiger partial charge in [0.15, 0.2) is 0 Å². The zero-order valence-electron chi connectivity index (χ0n) is 16.6. The van der Waals surface area contributed by atoms with E-state index in [1.165, 1.54) is 5.69 Å². The van der Waals surface area contributed by atoms with Gasteiger partial charge in [-0.3, -0.25) is 4.99 Å². The fourth-order valence-electron chi connectivity index (χ4n) is 4.13. The van der Waals surface area contributed by atoms with Crippen molar-refractivity contribution in [3.8, 4) is 0 Å². The van der Waals surface area contributed by atoms with E-state index in [-0.39, 0.29) is 5.63 Å². The van der Waals surface area contributed by atoms with Crippen molar-refractivity contribution in [2.45, 2.75) is 20.3 Å². The molecule has 2 heterocycles. The minimum atomic E-state index is -0.330. The number of benzene rings is 3. The lowest BCUT2D eigenvalue weighted by Gasteiger charge is -2.21. The van der Waals surface area contributed by atoms with Crippen LogP contribution in [0.25, 0.3) is 21.7 Å². The molecule has 0 radical (unpaired) electrons. The summed E-state index contributed by atoms with van der Waals surface area (Å²) < 4.78 is 5.72. The topological polar surface area (TPSA) is 45.8 Å². The fourth-order valence-corrected chi connectivity index (χ4v) is 4.13. The van der Waals surface area contributed by atoms with Gasteiger partial charge in [0.05, 0.1) is 17.0 Å². The summed E-state index contributed by atoms with van der Waals surface area (Å²) in [5, 5.41) is 3.12. The van der Waals surface area contributed by atoms with Crippen LogP contribution < -0.4 is 10.5 Å². The molecule has 0 bridgehead atoms. The van der Waals surface area contributed by atoms with Crippen molar-refractivity contribution in [1.82, 2.24) is 0 Å². The molecule has 1 aliphatic heterocycles. The molecule has 4 aromatic rings. The highest BCUT2D eigenvalue weighted by molar-refractivity contribution is 6.08. The highest BCUT2D eigenvalue weighted by Crippen LogP contribution is 2.30. The van der Waals surface area contributed by atoms with E-state index in [0.717, 1.165) is 46.2 Å². The van der Waals surface area contributed by atoms with Crippen LogP contribution in [0.4, 0.5) is 11.4 Å². The maximum Gasteiger partial charge on any atom is 0.345 e. The molecule has 0 fully saturated rings. The first-order chi connectivity index (χ1) is 14.2. The molecule has 1 aromatic heterocycles. The average Bonchev–Trinajstić information content (AvgIpc) is 3.16. The molecule has 4 heteroatoms. The maximum atomic E-state index is 12.7. The van der Waals surface area contributed by atoms with Gasteiger partial charge in [-0.1, -0.05) is 24.3 Å². The van der Waals surface area contributed by atoms with Crippen molar-refractivity contribution in [2.75, 3.05) is 18.0 Å². The quantitative estimate of drug-likeness (QED) is 0.347. The van der Waals surface area contributed by atoms with Crippen molar-refractivity contribution in [3.63, 3.8) is 0 Å². The van der Waals surface area contributed by atoms with Crippen LogP contribution in [0.2, 0.25) is 0 Å². The van der Waals surface area contributed by atoms with Gasteiger partial charge >= 0.3 is 5.63 Å². The van der Waals surface area contributed by atoms with Gasteiger partial charge in [-0.15, -0.1) is 0 Å². The van der Waals surface area contributed by atoms with Gasteiger partial charge in [0, 0.05) is 30.6 Å². The first-order valence-corrected chi connectivity index (χ1v) is 10.1. The van der Waals surface area contributed by atoms with Crippen LogP contribution in [-0.2, 0) is 6.42 Å². The first kappa shape index (κ1) is 17.7. The molecular formula is C25H22N2O2. The highest BCUT2D eigenvalue weighted by atomic mass is 16.4. The van der Waals surface area contributed by atoms with Gasteiger partial charge in [0.1, 0.15) is 5.58 Å². The lowest BCUT2D eigenvalue weighted by atomic mass is 10.0. The smallest absolute Gasteiger partial charge is 0.345 e. The van der Waals surface area contributed by atoms with E-state index in [0.29, 0.717) is 17.6 Å². The van der Waals surface area contributed by atoms with E-state index in [4.69, 9.17) is 4.42 Å². The van der Waals surface area contributed by atoms with Crippen LogP contribution in [-0.4, -0.2) is 18.8 Å². The number of hydrogen-bond acceptors (Lipinski definition) is 4. The van der Waals surface area contributed by atoms with E-state index in [2.05, 4.69) is 54.1 Å². The Bertz CT molecular complexity index is 1330. The van der Waals surface area contributed by atoms with E-state index in [1.807, 2.05) is 30.3 Å². The Hall–Kier alpha value is -3.40. The largest absolute Gasteiger partial charge is 0.422 e. The Morgan fingerprint density at radius 2 is 1.76 bits per heavy atom. The minimum Gasteiger partial charge on any atom is -0.422 e. The number of aliphatic imine (C=N–C) groups is 1. The van der Waals surface area contributed by atoms with Gasteiger partial charge < -0.3 is 9.32 Å². The molecule has 0 N–H and O–H groups in total. The number of anilines is 1. The molecule has 3 aromatic carbocycles. The maximum absolute atomic E-state index is 12.7. The Kier molecular flexibility index (Phi) is 4.20. The molecule has 29 heavy (non-hydrogen) atoms. The monoisotopic (exact) mass is 382 g/mol. The molecule has 0 spiro atoms. The lowest BCUT2D eigenvalue weighted by Crippen LogP contribution is -2.21. The first-order valence-electron chi connectivity index (χ1n) is 10.1. The summed E-state index contributed by atoms with van der Waals surface area (Å²) in [5.74, 6) is 0. The third-order valence-corrected chi connectivity index (χ3v) is 5.72. The van der Waals surface area contributed by atoms with Gasteiger partial charge in [-0.25, -0.2) is 4.79 Å². The van der Waals surface area contributed by atoms with Gasteiger partial charge in [-0.05, 0) is 66.6 Å². The van der Waals surface area contributed by atoms with E-state index in [9.17, 15) is 4.79 Å². The van der Waals surface area contributed by atoms with Gasteiger partial charge in [-0.2, -0.15) is 0 Å². The Morgan fingerprint density at radius 1 is 0.931 bits per heavy atom. The Labute approximate surface area is 169 Å². The third kappa shape index (κ3) is 3.01. The van der Waals surface area contributed by atoms with Gasteiger partial charge in [0.2, 0.25) is 0 Å². The second-order valence-electron chi connectivity index (χ2n) is 7.41. The molecule has 0 aliphatic carbocycles. The molecule has 0 saturated carbocycles. The van der Waals surface area contributed by atoms with Crippen LogP contribution >= 0.6 is 0 Å². The van der Waals surface area contributed by atoms with Crippen molar-refractivity contribution < 1.29 is 4.42 Å². The zero-order chi connectivity index (χ0) is 20.0. The van der Waals surface area contributed by atoms with Crippen LogP contribution in [0, 0.1) is 0 Å². The van der Waals surface area contributed by atoms with Crippen LogP contribution in [0.3, 0.4) is 0 Å². The normalized spacial score (nSPS) is 13.0. The van der Waals surface area contributed by atoms with Crippen molar-refractivity contribution in [3.05, 3.63) is 82.2 Å². The number of rotatable bonds is 4. The molecule has 144 valence electrons. The summed E-state index contributed by atoms with van der Waals surface area (Å²) in [6.07, 6.45) is 0.660. The van der Waals surface area contributed by atoms with Crippen molar-refractivity contribution >= 4 is 38.8 Å². The molecule has 0 atom stereocenters. The van der Waals surface area contributed by atoms with E-state index in [1.54, 1.807) is 0 Å². The predicted molar refractivity (Wildman–Crippen MR) is 120 cm³/mol. The summed E-state index contributed by atoms with van der Waals surface area (Å²) >= 11 is 0. The van der Waals surface area contributed by atoms with Gasteiger partial charge in [0.25, 0.3) is 0 Å². The summed E-state index contributed by atoms with van der Waals surface area (Å²) in [6.45, 7) is 6.22. The summed E-state index contributed by atoms with van der Waals surface area (Å²) in [5.41, 5.74) is 4.86. The third-order valence-electron chi connectivity index (χ3n) is 5.72. The Morgan fingerprint density at radius 3 is 2.55 bits per heavy atom. The summed E-state index contributed by atoms with van der Waals surface area (Å²) in [7, 11) is 0. The highest BCUT2D eigenvalue weighted by Gasteiger charge is 2.19. The second kappa shape index (κ2) is 6.89. The number of nitrogens with zero attached hydrogens (tertiary/aromatic N) is 2. The number of fused-ring (bicyclic) bond motifs is 3. The minimum absolute atomic E-state index is 0.330. The summed E-state index contributed by atoms with van der Waals surface area (Å²) in [4.78, 5) is 19.7. The van der Waals surface area contributed by atoms with E-state index >= 15 is 0 Å². The molecule has 5 rings (SSSR count). The molecule has 0 unspecified atom stereocenters. The SMILES string of the molecule is CCN(CC)c1ccc2cc3cc(C4=Nc5ccccc5C4)c(=O)oc3cc2c1. The number of hydrogen-bond donors (Lipinski definition) is 0. The fraction of sp³-hybridized carbons (Fsp3) is 0.200. The van der Waals surface area contributed by atoms with Crippen molar-refractivity contribution in [2.24, 2.45) is 4.99 Å². The van der Waals surface area contributed by atoms with Crippen LogP contribution in [0.1, 0.15) is 25.0 Å². The number of para-hydroxylation sites is 1. The average molecular weight is 382 g/mol. The van der Waals surface area contributed by atoms with Crippen LogP contribution in [0.5, 0.6) is 0 Å². The standard InChI is InChI=1S/C25H22N2O2/c1-3-27(4-2)20-10-9-16-11-19-13-21(25(28)29-24(19)15-18(16)12-20)23-14-17-7-5-6-8-22(17)26-23/h5-13,15H,3-4,14H2,1-2H3. The predicted octanol–water partition coefficient (Wildman–Crippen LogP) is 5.47. The molecule has 0 amide bonds. The van der Waals surface area contributed by atoms with Crippen molar-refractivity contribution in [1.29, 1.82) is 0 Å². The zero-order valence-corrected chi connectivity index (χ0v) is 16.6. The molecular weight excluding hydrogens is 360 g/mol. The molecule has 4 nitrogen and oxygen atoms in total. The molecule has 0 saturated heterocycles. The van der Waals surface area contributed by atoms with E-state index < -0.39 is 0 Å². The lowest BCUT2D eigenvalue weighted by molar-refractivity contribution is 0.559.